The summed E-state index contributed by atoms with van der Waals surface area (Å²) < 4.78 is 2.94. The Kier molecular flexibility index (Phi) is 6.68. The Morgan fingerprint density at radius 3 is 2.45 bits per heavy atom. The molecule has 1 aliphatic rings. The van der Waals surface area contributed by atoms with E-state index >= 15 is 0 Å². The number of aromatic nitrogens is 2. The molecule has 0 unspecified atom stereocenters. The molecular weight excluding hydrogens is 520 g/mol. The Morgan fingerprint density at radius 2 is 1.67 bits per heavy atom. The number of nitrogens with one attached hydrogen (secondary N) is 2. The lowest BCUT2D eigenvalue weighted by molar-refractivity contribution is 0.288. The van der Waals surface area contributed by atoms with Gasteiger partial charge in [0.1, 0.15) is 5.03 Å². The van der Waals surface area contributed by atoms with E-state index in [1.54, 1.807) is 11.8 Å². The summed E-state index contributed by atoms with van der Waals surface area (Å²) in [5, 5.41) is 12.8. The second-order valence-electron chi connectivity index (χ2n) is 7.37. The highest BCUT2D eigenvalue weighted by molar-refractivity contribution is 9.10. The minimum absolute atomic E-state index is 0.638. The number of benzene rings is 3. The quantitative estimate of drug-likeness (QED) is 0.292. The normalized spacial score (nSPS) is 13.2. The summed E-state index contributed by atoms with van der Waals surface area (Å²) in [4.78, 5) is 0. The molecular formula is C24H20BrClN6S. The van der Waals surface area contributed by atoms with Crippen molar-refractivity contribution in [2.75, 3.05) is 0 Å². The molecule has 0 radical (unpaired) electrons. The van der Waals surface area contributed by atoms with Crippen molar-refractivity contribution in [3.05, 3.63) is 111 Å². The average molecular weight is 540 g/mol. The Bertz CT molecular complexity index is 1280. The van der Waals surface area contributed by atoms with Gasteiger partial charge in [0.15, 0.2) is 5.84 Å². The van der Waals surface area contributed by atoms with Crippen molar-refractivity contribution in [3.63, 3.8) is 0 Å². The van der Waals surface area contributed by atoms with Gasteiger partial charge in [-0.2, -0.15) is 5.10 Å². The molecule has 3 aromatic carbocycles. The number of para-hydroxylation sites is 1. The standard InChI is InChI=1S/C24H20BrClN6S/c25-19-12-10-17(11-13-19)15-31-23(28-29-30-31)20-14-27-32(22-9-5-4-8-21(22)26)24(20)33-16-18-6-2-1-3-7-18/h1-14,29-30H,15-16H2. The van der Waals surface area contributed by atoms with Crippen molar-refractivity contribution >= 4 is 45.1 Å². The van der Waals surface area contributed by atoms with Crippen LogP contribution in [0.3, 0.4) is 0 Å². The zero-order valence-electron chi connectivity index (χ0n) is 17.5. The van der Waals surface area contributed by atoms with Crippen LogP contribution in [0.2, 0.25) is 5.02 Å². The molecule has 5 rings (SSSR count). The molecule has 2 N–H and O–H groups in total. The van der Waals surface area contributed by atoms with E-state index in [1.165, 1.54) is 5.56 Å². The van der Waals surface area contributed by atoms with Crippen LogP contribution in [0.15, 0.2) is 99.7 Å². The number of rotatable bonds is 7. The number of hydrazone groups is 1. The van der Waals surface area contributed by atoms with Crippen LogP contribution in [0.1, 0.15) is 16.7 Å². The molecule has 0 bridgehead atoms. The van der Waals surface area contributed by atoms with Crippen LogP contribution < -0.4 is 11.1 Å². The summed E-state index contributed by atoms with van der Waals surface area (Å²) in [5.74, 6) is 1.57. The highest BCUT2D eigenvalue weighted by Gasteiger charge is 2.26. The molecule has 0 fully saturated rings. The van der Waals surface area contributed by atoms with E-state index < -0.39 is 0 Å². The topological polar surface area (TPSA) is 57.5 Å². The molecule has 1 aliphatic heterocycles. The van der Waals surface area contributed by atoms with Gasteiger partial charge in [0.05, 0.1) is 29.0 Å². The molecule has 4 aromatic rings. The highest BCUT2D eigenvalue weighted by Crippen LogP contribution is 2.32. The van der Waals surface area contributed by atoms with E-state index in [0.717, 1.165) is 37.9 Å². The molecule has 6 nitrogen and oxygen atoms in total. The van der Waals surface area contributed by atoms with Gasteiger partial charge in [-0.25, -0.2) is 10.2 Å². The molecule has 0 saturated heterocycles. The SMILES string of the molecule is Clc1ccccc1-n1ncc(C2=NNNN2Cc2ccc(Br)cc2)c1SCc1ccccc1. The molecule has 166 valence electrons. The summed E-state index contributed by atoms with van der Waals surface area (Å²) in [6.45, 7) is 0.638. The molecule has 0 atom stereocenters. The van der Waals surface area contributed by atoms with Crippen LogP contribution in [0.4, 0.5) is 0 Å². The number of hydrogen-bond acceptors (Lipinski definition) is 6. The highest BCUT2D eigenvalue weighted by atomic mass is 79.9. The Labute approximate surface area is 209 Å². The molecule has 2 heterocycles. The first kappa shape index (κ1) is 22.0. The van der Waals surface area contributed by atoms with Crippen molar-refractivity contribution in [2.45, 2.75) is 17.3 Å². The van der Waals surface area contributed by atoms with Gasteiger partial charge >= 0.3 is 0 Å². The minimum Gasteiger partial charge on any atom is -0.266 e. The van der Waals surface area contributed by atoms with Crippen molar-refractivity contribution in [2.24, 2.45) is 5.10 Å². The molecule has 0 amide bonds. The minimum atomic E-state index is 0.638. The lowest BCUT2D eigenvalue weighted by Gasteiger charge is -2.19. The van der Waals surface area contributed by atoms with E-state index in [4.69, 9.17) is 16.7 Å². The van der Waals surface area contributed by atoms with Crippen LogP contribution in [0.5, 0.6) is 0 Å². The van der Waals surface area contributed by atoms with Gasteiger partial charge < -0.3 is 0 Å². The number of nitrogens with zero attached hydrogens (tertiary/aromatic N) is 4. The molecule has 0 aliphatic carbocycles. The second-order valence-corrected chi connectivity index (χ2v) is 9.66. The Hall–Kier alpha value is -2.78. The number of hydrogen-bond donors (Lipinski definition) is 2. The van der Waals surface area contributed by atoms with Gasteiger partial charge in [0.25, 0.3) is 0 Å². The fourth-order valence-corrected chi connectivity index (χ4v) is 5.04. The lowest BCUT2D eigenvalue weighted by atomic mass is 10.2. The molecule has 0 saturated carbocycles. The van der Waals surface area contributed by atoms with Crippen molar-refractivity contribution in [3.8, 4) is 5.69 Å². The van der Waals surface area contributed by atoms with Crippen LogP contribution in [0, 0.1) is 0 Å². The smallest absolute Gasteiger partial charge is 0.177 e. The first-order valence-electron chi connectivity index (χ1n) is 10.3. The van der Waals surface area contributed by atoms with Crippen LogP contribution in [0.25, 0.3) is 5.69 Å². The largest absolute Gasteiger partial charge is 0.266 e. The summed E-state index contributed by atoms with van der Waals surface area (Å²) in [7, 11) is 0. The van der Waals surface area contributed by atoms with Gasteiger partial charge in [-0.1, -0.05) is 82.1 Å². The van der Waals surface area contributed by atoms with E-state index in [9.17, 15) is 0 Å². The number of hydrazine groups is 2. The van der Waals surface area contributed by atoms with E-state index in [-0.39, 0.29) is 0 Å². The first-order chi connectivity index (χ1) is 16.2. The third kappa shape index (κ3) is 4.94. The first-order valence-corrected chi connectivity index (χ1v) is 12.4. The fourth-order valence-electron chi connectivity index (χ4n) is 3.49. The third-order valence-corrected chi connectivity index (χ3v) is 7.11. The maximum absolute atomic E-state index is 6.53. The van der Waals surface area contributed by atoms with Crippen molar-refractivity contribution in [1.82, 2.24) is 25.9 Å². The monoisotopic (exact) mass is 538 g/mol. The summed E-state index contributed by atoms with van der Waals surface area (Å²) in [6, 6.07) is 26.3. The summed E-state index contributed by atoms with van der Waals surface area (Å²) in [6.07, 6.45) is 1.85. The van der Waals surface area contributed by atoms with E-state index in [1.807, 2.05) is 58.4 Å². The second kappa shape index (κ2) is 10.0. The number of halogens is 2. The summed E-state index contributed by atoms with van der Waals surface area (Å²) >= 11 is 11.7. The molecule has 0 spiro atoms. The van der Waals surface area contributed by atoms with Gasteiger partial charge in [0, 0.05) is 10.2 Å². The van der Waals surface area contributed by atoms with Gasteiger partial charge in [-0.05, 0) is 35.4 Å². The van der Waals surface area contributed by atoms with Gasteiger partial charge in [-0.3, -0.25) is 5.01 Å². The molecule has 9 heteroatoms. The van der Waals surface area contributed by atoms with Crippen LogP contribution >= 0.6 is 39.3 Å². The van der Waals surface area contributed by atoms with Crippen LogP contribution in [-0.2, 0) is 12.3 Å². The zero-order chi connectivity index (χ0) is 22.6. The Balaban J connectivity index is 1.49. The Morgan fingerprint density at radius 1 is 0.909 bits per heavy atom. The predicted octanol–water partition coefficient (Wildman–Crippen LogP) is 5.77. The molecule has 33 heavy (non-hydrogen) atoms. The number of amidine groups is 1. The van der Waals surface area contributed by atoms with Gasteiger partial charge in [0.2, 0.25) is 0 Å². The summed E-state index contributed by atoms with van der Waals surface area (Å²) in [5.41, 5.74) is 10.2. The van der Waals surface area contributed by atoms with Crippen molar-refractivity contribution < 1.29 is 0 Å². The average Bonchev–Trinajstić information content (AvgIpc) is 3.46. The zero-order valence-corrected chi connectivity index (χ0v) is 20.6. The maximum Gasteiger partial charge on any atom is 0.177 e. The molecule has 1 aromatic heterocycles. The number of thioether (sulfide) groups is 1. The van der Waals surface area contributed by atoms with Crippen molar-refractivity contribution in [1.29, 1.82) is 0 Å². The van der Waals surface area contributed by atoms with E-state index in [2.05, 4.69) is 68.5 Å². The van der Waals surface area contributed by atoms with Crippen LogP contribution in [-0.4, -0.2) is 20.6 Å². The fraction of sp³-hybridized carbons (Fsp3) is 0.0833. The van der Waals surface area contributed by atoms with E-state index in [0.29, 0.717) is 11.6 Å². The van der Waals surface area contributed by atoms with Gasteiger partial charge in [-0.15, -0.1) is 22.4 Å². The predicted molar refractivity (Wildman–Crippen MR) is 137 cm³/mol. The lowest BCUT2D eigenvalue weighted by Crippen LogP contribution is -2.40. The maximum atomic E-state index is 6.53. The third-order valence-electron chi connectivity index (χ3n) is 5.12.